The molecule has 0 aliphatic carbocycles. The van der Waals surface area contributed by atoms with Crippen molar-refractivity contribution in [3.05, 3.63) is 144 Å². The van der Waals surface area contributed by atoms with E-state index in [1.54, 1.807) is 0 Å². The summed E-state index contributed by atoms with van der Waals surface area (Å²) in [7, 11) is 0. The maximum absolute atomic E-state index is 12.8. The molecule has 0 amide bonds. The molecular formula is C33H34O4. The number of ether oxygens (including phenoxy) is 2. The van der Waals surface area contributed by atoms with Crippen molar-refractivity contribution in [1.29, 1.82) is 0 Å². The molecule has 190 valence electrons. The molecule has 0 aromatic heterocycles. The van der Waals surface area contributed by atoms with Crippen LogP contribution in [0.25, 0.3) is 0 Å². The molecule has 2 N–H and O–H groups in total. The SMILES string of the molecule is CCC1(CC)O[C@@H](C(O)(c2ccccc2)c2ccccc2)[C@@H](C(O)(c2ccccc2)c2ccccc2)O1. The number of benzene rings is 4. The zero-order valence-electron chi connectivity index (χ0n) is 21.3. The summed E-state index contributed by atoms with van der Waals surface area (Å²) < 4.78 is 13.6. The van der Waals surface area contributed by atoms with Crippen LogP contribution in [0.1, 0.15) is 48.9 Å². The van der Waals surface area contributed by atoms with Crippen LogP contribution in [0.15, 0.2) is 121 Å². The maximum atomic E-state index is 12.8. The smallest absolute Gasteiger partial charge is 0.169 e. The van der Waals surface area contributed by atoms with E-state index in [1.807, 2.05) is 135 Å². The van der Waals surface area contributed by atoms with Crippen molar-refractivity contribution in [3.8, 4) is 0 Å². The molecule has 1 aliphatic rings. The van der Waals surface area contributed by atoms with Crippen molar-refractivity contribution in [3.63, 3.8) is 0 Å². The standard InChI is InChI=1S/C33H34O4/c1-3-31(4-2)36-29(32(34,25-17-9-5-10-18-25)26-19-11-6-12-20-26)30(37-31)33(35,27-21-13-7-14-22-27)28-23-15-8-16-24-28/h5-24,29-30,34-35H,3-4H2,1-2H3/t29-,30+. The van der Waals surface area contributed by atoms with Crippen LogP contribution in [0.3, 0.4) is 0 Å². The highest BCUT2D eigenvalue weighted by atomic mass is 16.8. The van der Waals surface area contributed by atoms with Gasteiger partial charge in [0.25, 0.3) is 0 Å². The Morgan fingerprint density at radius 3 is 0.973 bits per heavy atom. The largest absolute Gasteiger partial charge is 0.378 e. The molecule has 37 heavy (non-hydrogen) atoms. The normalized spacial score (nSPS) is 19.6. The Hall–Kier alpha value is -3.28. The summed E-state index contributed by atoms with van der Waals surface area (Å²) in [4.78, 5) is 0. The predicted octanol–water partition coefficient (Wildman–Crippen LogP) is 6.16. The lowest BCUT2D eigenvalue weighted by Crippen LogP contribution is -2.54. The topological polar surface area (TPSA) is 58.9 Å². The second-order valence-corrected chi connectivity index (χ2v) is 9.69. The van der Waals surface area contributed by atoms with Gasteiger partial charge in [-0.3, -0.25) is 0 Å². The molecule has 0 unspecified atom stereocenters. The Bertz CT molecular complexity index is 1090. The number of aliphatic hydroxyl groups is 2. The summed E-state index contributed by atoms with van der Waals surface area (Å²) in [5.74, 6) is -0.968. The molecule has 4 aromatic carbocycles. The fourth-order valence-corrected chi connectivity index (χ4v) is 5.57. The van der Waals surface area contributed by atoms with E-state index >= 15 is 0 Å². The van der Waals surface area contributed by atoms with Crippen LogP contribution >= 0.6 is 0 Å². The Labute approximate surface area is 219 Å². The Kier molecular flexibility index (Phi) is 7.02. The fraction of sp³-hybridized carbons (Fsp3) is 0.273. The van der Waals surface area contributed by atoms with E-state index < -0.39 is 29.2 Å². The van der Waals surface area contributed by atoms with Crippen molar-refractivity contribution in [1.82, 2.24) is 0 Å². The van der Waals surface area contributed by atoms with E-state index in [-0.39, 0.29) is 0 Å². The zero-order valence-corrected chi connectivity index (χ0v) is 21.3. The van der Waals surface area contributed by atoms with Crippen LogP contribution in [0.2, 0.25) is 0 Å². The highest BCUT2D eigenvalue weighted by Crippen LogP contribution is 2.51. The number of hydrogen-bond acceptors (Lipinski definition) is 4. The van der Waals surface area contributed by atoms with Gasteiger partial charge in [0.2, 0.25) is 0 Å². The van der Waals surface area contributed by atoms with Gasteiger partial charge >= 0.3 is 0 Å². The van der Waals surface area contributed by atoms with Crippen LogP contribution in [-0.4, -0.2) is 28.2 Å². The summed E-state index contributed by atoms with van der Waals surface area (Å²) in [6.45, 7) is 4.02. The monoisotopic (exact) mass is 494 g/mol. The minimum absolute atomic E-state index is 0.565. The molecule has 0 saturated carbocycles. The molecule has 4 heteroatoms. The minimum Gasteiger partial charge on any atom is -0.378 e. The van der Waals surface area contributed by atoms with Gasteiger partial charge in [-0.05, 0) is 35.1 Å². The summed E-state index contributed by atoms with van der Waals surface area (Å²) >= 11 is 0. The molecule has 2 atom stereocenters. The van der Waals surface area contributed by atoms with Gasteiger partial charge in [0.05, 0.1) is 0 Å². The molecular weight excluding hydrogens is 460 g/mol. The second-order valence-electron chi connectivity index (χ2n) is 9.69. The summed E-state index contributed by atoms with van der Waals surface area (Å²) in [5, 5.41) is 25.6. The Morgan fingerprint density at radius 1 is 0.514 bits per heavy atom. The van der Waals surface area contributed by atoms with Crippen molar-refractivity contribution in [2.75, 3.05) is 0 Å². The van der Waals surface area contributed by atoms with Crippen LogP contribution in [0, 0.1) is 0 Å². The van der Waals surface area contributed by atoms with Gasteiger partial charge in [-0.15, -0.1) is 0 Å². The lowest BCUT2D eigenvalue weighted by molar-refractivity contribution is -0.200. The van der Waals surface area contributed by atoms with Crippen LogP contribution < -0.4 is 0 Å². The summed E-state index contributed by atoms with van der Waals surface area (Å²) in [6.07, 6.45) is -0.726. The molecule has 0 bridgehead atoms. The maximum Gasteiger partial charge on any atom is 0.169 e. The van der Waals surface area contributed by atoms with E-state index in [1.165, 1.54) is 0 Å². The van der Waals surface area contributed by atoms with Gasteiger partial charge in [-0.25, -0.2) is 0 Å². The zero-order chi connectivity index (χ0) is 25.9. The first-order valence-corrected chi connectivity index (χ1v) is 13.0. The predicted molar refractivity (Wildman–Crippen MR) is 145 cm³/mol. The third-order valence-corrected chi connectivity index (χ3v) is 7.71. The molecule has 1 aliphatic heterocycles. The quantitative estimate of drug-likeness (QED) is 0.308. The summed E-state index contributed by atoms with van der Waals surface area (Å²) in [6, 6.07) is 38.1. The van der Waals surface area contributed by atoms with Crippen molar-refractivity contribution in [2.45, 2.75) is 55.9 Å². The van der Waals surface area contributed by atoms with E-state index in [0.717, 1.165) is 0 Å². The molecule has 0 radical (unpaired) electrons. The molecule has 4 nitrogen and oxygen atoms in total. The van der Waals surface area contributed by atoms with Crippen molar-refractivity contribution >= 4 is 0 Å². The van der Waals surface area contributed by atoms with E-state index in [4.69, 9.17) is 9.47 Å². The van der Waals surface area contributed by atoms with Crippen LogP contribution in [-0.2, 0) is 20.7 Å². The Balaban J connectivity index is 1.78. The van der Waals surface area contributed by atoms with Gasteiger partial charge in [-0.1, -0.05) is 135 Å². The van der Waals surface area contributed by atoms with Gasteiger partial charge in [0.15, 0.2) is 5.79 Å². The fourth-order valence-electron chi connectivity index (χ4n) is 5.57. The number of hydrogen-bond donors (Lipinski definition) is 2. The first-order chi connectivity index (χ1) is 18.0. The Morgan fingerprint density at radius 2 is 0.757 bits per heavy atom. The van der Waals surface area contributed by atoms with E-state index in [2.05, 4.69) is 0 Å². The highest BCUT2D eigenvalue weighted by Gasteiger charge is 2.62. The molecule has 5 rings (SSSR count). The average molecular weight is 495 g/mol. The first-order valence-electron chi connectivity index (χ1n) is 13.0. The highest BCUT2D eigenvalue weighted by molar-refractivity contribution is 5.43. The van der Waals surface area contributed by atoms with Crippen molar-refractivity contribution in [2.24, 2.45) is 0 Å². The third kappa shape index (κ3) is 4.30. The van der Waals surface area contributed by atoms with Gasteiger partial charge < -0.3 is 19.7 Å². The molecule has 1 fully saturated rings. The lowest BCUT2D eigenvalue weighted by atomic mass is 9.72. The van der Waals surface area contributed by atoms with Crippen LogP contribution in [0.5, 0.6) is 0 Å². The third-order valence-electron chi connectivity index (χ3n) is 7.71. The number of rotatable bonds is 8. The molecule has 4 aromatic rings. The van der Waals surface area contributed by atoms with E-state index in [0.29, 0.717) is 35.1 Å². The van der Waals surface area contributed by atoms with E-state index in [9.17, 15) is 10.2 Å². The van der Waals surface area contributed by atoms with Gasteiger partial charge in [0, 0.05) is 0 Å². The first kappa shape index (κ1) is 25.4. The molecule has 1 saturated heterocycles. The summed E-state index contributed by atoms with van der Waals surface area (Å²) in [5.41, 5.74) is -0.511. The van der Waals surface area contributed by atoms with Crippen LogP contribution in [0.4, 0.5) is 0 Å². The molecule has 1 heterocycles. The van der Waals surface area contributed by atoms with Gasteiger partial charge in [0.1, 0.15) is 23.4 Å². The average Bonchev–Trinajstić information content (AvgIpc) is 3.40. The minimum atomic E-state index is -1.60. The molecule has 0 spiro atoms. The van der Waals surface area contributed by atoms with Crippen molar-refractivity contribution < 1.29 is 19.7 Å². The lowest BCUT2D eigenvalue weighted by Gasteiger charge is -2.42. The second kappa shape index (κ2) is 10.2. The van der Waals surface area contributed by atoms with Gasteiger partial charge in [-0.2, -0.15) is 0 Å².